The minimum absolute atomic E-state index is 0.158. The quantitative estimate of drug-likeness (QED) is 0.837. The van der Waals surface area contributed by atoms with Gasteiger partial charge in [0.05, 0.1) is 11.6 Å². The lowest BCUT2D eigenvalue weighted by molar-refractivity contribution is -0.142. The predicted octanol–water partition coefficient (Wildman–Crippen LogP) is 3.62. The molecule has 1 N–H and O–H groups in total. The zero-order valence-corrected chi connectivity index (χ0v) is 16.0. The Balaban J connectivity index is 1.68. The molecule has 2 atom stereocenters. The van der Waals surface area contributed by atoms with E-state index in [4.69, 9.17) is 16.3 Å². The molecule has 1 aliphatic rings. The molecule has 1 saturated heterocycles. The number of hydrogen-bond donors (Lipinski definition) is 1. The number of ether oxygens (including phenoxy) is 1. The molecule has 26 heavy (non-hydrogen) atoms. The number of hydrogen-bond acceptors (Lipinski definition) is 5. The van der Waals surface area contributed by atoms with E-state index in [-0.39, 0.29) is 18.6 Å². The Morgan fingerprint density at radius 1 is 1.38 bits per heavy atom. The number of aromatic nitrogens is 1. The predicted molar refractivity (Wildman–Crippen MR) is 98.9 cm³/mol. The standard InChI is InChI=1S/C18H19ClN2O4S/c1-10-16(17(22)21-8-7-14(11(21)2)18(23)24)26-15(20-10)9-25-13-5-3-12(19)4-6-13/h3-6,11,14H,7-9H2,1-2H3,(H,23,24). The van der Waals surface area contributed by atoms with Crippen molar-refractivity contribution in [2.24, 2.45) is 5.92 Å². The summed E-state index contributed by atoms with van der Waals surface area (Å²) in [6.07, 6.45) is 0.479. The number of carboxylic acid groups (broad SMARTS) is 1. The van der Waals surface area contributed by atoms with Crippen LogP contribution in [0.2, 0.25) is 5.02 Å². The van der Waals surface area contributed by atoms with E-state index >= 15 is 0 Å². The fourth-order valence-corrected chi connectivity index (χ4v) is 4.14. The Kier molecular flexibility index (Phi) is 5.48. The van der Waals surface area contributed by atoms with Crippen LogP contribution in [0.4, 0.5) is 0 Å². The van der Waals surface area contributed by atoms with E-state index in [0.29, 0.717) is 39.3 Å². The molecule has 1 aromatic carbocycles. The number of halogens is 1. The zero-order chi connectivity index (χ0) is 18.8. The molecule has 3 rings (SSSR count). The first-order chi connectivity index (χ1) is 12.4. The smallest absolute Gasteiger partial charge is 0.308 e. The molecule has 2 aromatic rings. The molecule has 0 spiro atoms. The number of rotatable bonds is 5. The van der Waals surface area contributed by atoms with Crippen molar-refractivity contribution in [1.29, 1.82) is 0 Å². The number of carboxylic acids is 1. The summed E-state index contributed by atoms with van der Waals surface area (Å²) in [7, 11) is 0. The minimum atomic E-state index is -0.856. The van der Waals surface area contributed by atoms with Crippen LogP contribution in [0.3, 0.4) is 0 Å². The number of thiazole rings is 1. The second-order valence-electron chi connectivity index (χ2n) is 6.24. The highest BCUT2D eigenvalue weighted by atomic mass is 35.5. The average Bonchev–Trinajstić information content (AvgIpc) is 3.16. The third-order valence-electron chi connectivity index (χ3n) is 4.54. The van der Waals surface area contributed by atoms with Crippen molar-refractivity contribution < 1.29 is 19.4 Å². The second kappa shape index (κ2) is 7.63. The van der Waals surface area contributed by atoms with Crippen LogP contribution in [-0.2, 0) is 11.4 Å². The van der Waals surface area contributed by atoms with Crippen LogP contribution < -0.4 is 4.74 Å². The number of aryl methyl sites for hydroxylation is 1. The minimum Gasteiger partial charge on any atom is -0.486 e. The molecule has 6 nitrogen and oxygen atoms in total. The molecule has 0 saturated carbocycles. The summed E-state index contributed by atoms with van der Waals surface area (Å²) in [4.78, 5) is 30.7. The maximum Gasteiger partial charge on any atom is 0.308 e. The first kappa shape index (κ1) is 18.7. The van der Waals surface area contributed by atoms with Gasteiger partial charge >= 0.3 is 5.97 Å². The van der Waals surface area contributed by atoms with Crippen LogP contribution in [0.15, 0.2) is 24.3 Å². The SMILES string of the molecule is Cc1nc(COc2ccc(Cl)cc2)sc1C(=O)N1CCC(C(=O)O)C1C. The van der Waals surface area contributed by atoms with E-state index in [0.717, 1.165) is 0 Å². The molecular formula is C18H19ClN2O4S. The summed E-state index contributed by atoms with van der Waals surface area (Å²) in [5.74, 6) is -0.854. The lowest BCUT2D eigenvalue weighted by Crippen LogP contribution is -2.37. The van der Waals surface area contributed by atoms with Gasteiger partial charge in [-0.2, -0.15) is 0 Å². The fourth-order valence-electron chi connectivity index (χ4n) is 3.08. The number of likely N-dealkylation sites (tertiary alicyclic amines) is 1. The van der Waals surface area contributed by atoms with Gasteiger partial charge in [-0.15, -0.1) is 11.3 Å². The maximum absolute atomic E-state index is 12.8. The van der Waals surface area contributed by atoms with Gasteiger partial charge in [-0.05, 0) is 44.5 Å². The molecular weight excluding hydrogens is 376 g/mol. The Bertz CT molecular complexity index is 821. The van der Waals surface area contributed by atoms with Gasteiger partial charge in [0.15, 0.2) is 0 Å². The summed E-state index contributed by atoms with van der Waals surface area (Å²) >= 11 is 7.13. The largest absolute Gasteiger partial charge is 0.486 e. The van der Waals surface area contributed by atoms with Gasteiger partial charge in [0.1, 0.15) is 22.2 Å². The lowest BCUT2D eigenvalue weighted by atomic mass is 10.0. The van der Waals surface area contributed by atoms with Crippen molar-refractivity contribution in [1.82, 2.24) is 9.88 Å². The third-order valence-corrected chi connectivity index (χ3v) is 5.91. The molecule has 138 valence electrons. The van der Waals surface area contributed by atoms with Gasteiger partial charge in [-0.1, -0.05) is 11.6 Å². The number of amides is 1. The lowest BCUT2D eigenvalue weighted by Gasteiger charge is -2.22. The Labute approximate surface area is 160 Å². The molecule has 1 amide bonds. The number of benzene rings is 1. The van der Waals surface area contributed by atoms with Crippen molar-refractivity contribution >= 4 is 34.8 Å². The molecule has 0 radical (unpaired) electrons. The van der Waals surface area contributed by atoms with Crippen LogP contribution in [0, 0.1) is 12.8 Å². The molecule has 0 aliphatic carbocycles. The zero-order valence-electron chi connectivity index (χ0n) is 14.4. The second-order valence-corrected chi connectivity index (χ2v) is 7.76. The van der Waals surface area contributed by atoms with Crippen LogP contribution in [0.1, 0.15) is 33.7 Å². The summed E-state index contributed by atoms with van der Waals surface area (Å²) in [6.45, 7) is 4.27. The summed E-state index contributed by atoms with van der Waals surface area (Å²) < 4.78 is 5.68. The molecule has 0 bridgehead atoms. The van der Waals surface area contributed by atoms with E-state index < -0.39 is 11.9 Å². The van der Waals surface area contributed by atoms with Gasteiger partial charge in [0, 0.05) is 17.6 Å². The van der Waals surface area contributed by atoms with Crippen molar-refractivity contribution in [3.8, 4) is 5.75 Å². The highest BCUT2D eigenvalue weighted by Crippen LogP contribution is 2.29. The van der Waals surface area contributed by atoms with Crippen LogP contribution in [0.25, 0.3) is 0 Å². The number of aliphatic carboxylic acids is 1. The highest BCUT2D eigenvalue weighted by Gasteiger charge is 2.39. The molecule has 1 aliphatic heterocycles. The fraction of sp³-hybridized carbons (Fsp3) is 0.389. The Morgan fingerprint density at radius 2 is 2.08 bits per heavy atom. The van der Waals surface area contributed by atoms with Gasteiger partial charge in [0.25, 0.3) is 5.91 Å². The van der Waals surface area contributed by atoms with Crippen LogP contribution >= 0.6 is 22.9 Å². The number of carbonyl (C=O) groups excluding carboxylic acids is 1. The van der Waals surface area contributed by atoms with Crippen molar-refractivity contribution in [2.75, 3.05) is 6.54 Å². The van der Waals surface area contributed by atoms with E-state index in [1.165, 1.54) is 11.3 Å². The molecule has 8 heteroatoms. The Morgan fingerprint density at radius 3 is 2.69 bits per heavy atom. The van der Waals surface area contributed by atoms with E-state index in [1.54, 1.807) is 43.0 Å². The van der Waals surface area contributed by atoms with Crippen LogP contribution in [-0.4, -0.2) is 39.5 Å². The summed E-state index contributed by atoms with van der Waals surface area (Å²) in [6, 6.07) is 6.70. The van der Waals surface area contributed by atoms with E-state index in [9.17, 15) is 14.7 Å². The van der Waals surface area contributed by atoms with Gasteiger partial charge in [0.2, 0.25) is 0 Å². The summed E-state index contributed by atoms with van der Waals surface area (Å²) in [5.41, 5.74) is 0.640. The average molecular weight is 395 g/mol. The molecule has 1 fully saturated rings. The maximum atomic E-state index is 12.8. The molecule has 2 heterocycles. The topological polar surface area (TPSA) is 79.7 Å². The van der Waals surface area contributed by atoms with Crippen molar-refractivity contribution in [3.05, 3.63) is 44.9 Å². The monoisotopic (exact) mass is 394 g/mol. The third kappa shape index (κ3) is 3.83. The number of carbonyl (C=O) groups is 2. The summed E-state index contributed by atoms with van der Waals surface area (Å²) in [5, 5.41) is 10.6. The van der Waals surface area contributed by atoms with Crippen molar-refractivity contribution in [3.63, 3.8) is 0 Å². The highest BCUT2D eigenvalue weighted by molar-refractivity contribution is 7.13. The normalized spacial score (nSPS) is 19.6. The molecule has 2 unspecified atom stereocenters. The molecule has 1 aromatic heterocycles. The van der Waals surface area contributed by atoms with E-state index in [2.05, 4.69) is 4.98 Å². The van der Waals surface area contributed by atoms with E-state index in [1.807, 2.05) is 0 Å². The Hall–Kier alpha value is -2.12. The van der Waals surface area contributed by atoms with Crippen LogP contribution in [0.5, 0.6) is 5.75 Å². The van der Waals surface area contributed by atoms with Gasteiger partial charge < -0.3 is 14.7 Å². The van der Waals surface area contributed by atoms with Crippen molar-refractivity contribution in [2.45, 2.75) is 32.9 Å². The first-order valence-electron chi connectivity index (χ1n) is 8.25. The van der Waals surface area contributed by atoms with Gasteiger partial charge in [-0.25, -0.2) is 4.98 Å². The first-order valence-corrected chi connectivity index (χ1v) is 9.44. The number of nitrogens with zero attached hydrogens (tertiary/aromatic N) is 2. The van der Waals surface area contributed by atoms with Gasteiger partial charge in [-0.3, -0.25) is 9.59 Å².